The number of rotatable bonds is 16. The van der Waals surface area contributed by atoms with E-state index in [1.807, 2.05) is 0 Å². The van der Waals surface area contributed by atoms with Gasteiger partial charge >= 0.3 is 0 Å². The molecule has 0 aliphatic carbocycles. The van der Waals surface area contributed by atoms with Crippen LogP contribution in [0.25, 0.3) is 0 Å². The molecule has 0 spiro atoms. The van der Waals surface area contributed by atoms with Crippen LogP contribution in [0.2, 0.25) is 30.7 Å². The van der Waals surface area contributed by atoms with Crippen LogP contribution in [0, 0.1) is 34.6 Å². The first-order valence-electron chi connectivity index (χ1n) is 18.9. The van der Waals surface area contributed by atoms with Crippen molar-refractivity contribution in [2.45, 2.75) is 91.0 Å². The summed E-state index contributed by atoms with van der Waals surface area (Å²) in [5, 5.41) is -0.280. The van der Waals surface area contributed by atoms with E-state index in [4.69, 9.17) is 0 Å². The van der Waals surface area contributed by atoms with Crippen LogP contribution in [0.5, 0.6) is 0 Å². The summed E-state index contributed by atoms with van der Waals surface area (Å²) in [4.78, 5) is 0. The number of allylic oxidation sites excluding steroid dienone is 12. The van der Waals surface area contributed by atoms with Gasteiger partial charge in [-0.3, -0.25) is 0 Å². The zero-order chi connectivity index (χ0) is 37.6. The minimum atomic E-state index is -2.02. The fourth-order valence-electron chi connectivity index (χ4n) is 7.01. The lowest BCUT2D eigenvalue weighted by atomic mass is 9.88. The van der Waals surface area contributed by atoms with Gasteiger partial charge in [-0.2, -0.15) is 0 Å². The van der Waals surface area contributed by atoms with Gasteiger partial charge in [-0.1, -0.05) is 194 Å². The van der Waals surface area contributed by atoms with Crippen LogP contribution in [-0.2, 0) is 25.7 Å². The van der Waals surface area contributed by atoms with E-state index < -0.39 is 8.07 Å². The second kappa shape index (κ2) is 19.6. The predicted molar refractivity (Wildman–Crippen MR) is 234 cm³/mol. The lowest BCUT2D eigenvalue weighted by Gasteiger charge is -2.42. The third-order valence-corrected chi connectivity index (χ3v) is 13.2. The number of hydrogen-bond acceptors (Lipinski definition) is 0. The molecule has 267 valence electrons. The van der Waals surface area contributed by atoms with E-state index in [2.05, 4.69) is 216 Å². The second-order valence-electron chi connectivity index (χ2n) is 15.4. The summed E-state index contributed by atoms with van der Waals surface area (Å²) in [5.41, 5.74) is 14.6. The first-order valence-corrected chi connectivity index (χ1v) is 23.1. The molecule has 2 heteroatoms. The van der Waals surface area contributed by atoms with Gasteiger partial charge in [-0.25, -0.2) is 0 Å². The molecule has 0 saturated heterocycles. The monoisotopic (exact) mass is 715 g/mol. The molecule has 1 unspecified atom stereocenters. The minimum absolute atomic E-state index is 0.280. The van der Waals surface area contributed by atoms with Crippen LogP contribution < -0.4 is 0 Å². The van der Waals surface area contributed by atoms with Crippen molar-refractivity contribution < 1.29 is 0 Å². The van der Waals surface area contributed by atoms with Crippen molar-refractivity contribution in [2.75, 3.05) is 0 Å². The molecule has 0 N–H and O–H groups in total. The van der Waals surface area contributed by atoms with Crippen molar-refractivity contribution in [1.29, 1.82) is 0 Å². The highest BCUT2D eigenvalue weighted by Crippen LogP contribution is 2.51. The zero-order valence-electron chi connectivity index (χ0n) is 33.0. The zero-order valence-corrected chi connectivity index (χ0v) is 35.0. The maximum absolute atomic E-state index is 3.76. The predicted octanol–water partition coefficient (Wildman–Crippen LogP) is 13.2. The fourth-order valence-corrected chi connectivity index (χ4v) is 9.40. The van der Waals surface area contributed by atoms with Gasteiger partial charge in [0.2, 0.25) is 0 Å². The molecule has 0 saturated carbocycles. The van der Waals surface area contributed by atoms with Crippen LogP contribution in [0.15, 0.2) is 163 Å². The Hall–Kier alpha value is -4.25. The van der Waals surface area contributed by atoms with Crippen LogP contribution in [-0.4, -0.2) is 18.3 Å². The van der Waals surface area contributed by atoms with Crippen molar-refractivity contribution in [3.63, 3.8) is 0 Å². The van der Waals surface area contributed by atoms with Crippen molar-refractivity contribution in [2.24, 2.45) is 0 Å². The van der Waals surface area contributed by atoms with Gasteiger partial charge in [0.1, 0.15) is 0 Å². The van der Waals surface area contributed by atoms with Gasteiger partial charge in [-0.15, -0.1) is 0 Å². The Morgan fingerprint density at radius 2 is 1.13 bits per heavy atom. The summed E-state index contributed by atoms with van der Waals surface area (Å²) in [5.74, 6) is 0. The van der Waals surface area contributed by atoms with E-state index in [9.17, 15) is 0 Å². The van der Waals surface area contributed by atoms with Gasteiger partial charge in [-0.05, 0) is 105 Å². The molecule has 0 aliphatic heterocycles. The quantitative estimate of drug-likeness (QED) is 0.0615. The minimum Gasteiger partial charge on any atom is -0.0873 e. The highest BCUT2D eigenvalue weighted by Gasteiger charge is 2.42. The maximum Gasteiger partial charge on any atom is 0.0652 e. The molecule has 0 amide bonds. The van der Waals surface area contributed by atoms with Crippen molar-refractivity contribution in [3.8, 4) is 0 Å². The van der Waals surface area contributed by atoms with Gasteiger partial charge in [0.05, 0.1) is 8.07 Å². The highest BCUT2D eigenvalue weighted by atomic mass is 28.3. The fraction of sp³-hybridized carbons (Fsp3) is 0.280. The first kappa shape index (κ1) is 40.5. The second-order valence-corrected chi connectivity index (χ2v) is 21.2. The van der Waals surface area contributed by atoms with Crippen LogP contribution >= 0.6 is 0 Å². The molecule has 0 heterocycles. The van der Waals surface area contributed by atoms with Gasteiger partial charge in [0.25, 0.3) is 0 Å². The summed E-state index contributed by atoms with van der Waals surface area (Å²) < 4.78 is 0. The largest absolute Gasteiger partial charge is 0.0873 e. The molecule has 0 aromatic heterocycles. The molecule has 52 heavy (non-hydrogen) atoms. The number of benzene rings is 4. The van der Waals surface area contributed by atoms with E-state index in [-0.39, 0.29) is 5.04 Å². The van der Waals surface area contributed by atoms with Crippen LogP contribution in [0.1, 0.15) is 50.1 Å². The van der Waals surface area contributed by atoms with Gasteiger partial charge < -0.3 is 0 Å². The first-order chi connectivity index (χ1) is 24.9. The Labute approximate surface area is 321 Å². The number of aryl methyl sites for hydroxylation is 5. The van der Waals surface area contributed by atoms with Gasteiger partial charge in [0, 0.05) is 15.3 Å². The van der Waals surface area contributed by atoms with Crippen molar-refractivity contribution in [3.05, 3.63) is 213 Å². The van der Waals surface area contributed by atoms with E-state index in [1.54, 1.807) is 0 Å². The molecular formula is C50H59Si2. The Bertz CT molecular complexity index is 1920. The standard InChI is InChI=1S/C50H59Si2/c1-39-28-30-44(31-29-39)19-12-24-48(26-16-34-51)49(27-13-21-46-37-41(3)35-42(4)38-46)50(52(6,7)8,32-14-22-45-20-11-17-40(2)36-45)33-15-25-47-23-10-9-18-43(47)5/h9-18,20,23-24,26-33,35-38H,19,21-22,25,34H2,1-8H3. The Morgan fingerprint density at radius 3 is 1.79 bits per heavy atom. The van der Waals surface area contributed by atoms with Crippen LogP contribution in [0.3, 0.4) is 0 Å². The topological polar surface area (TPSA) is 0 Å². The summed E-state index contributed by atoms with van der Waals surface area (Å²) in [6.45, 7) is 18.5. The molecule has 0 fully saturated rings. The summed E-state index contributed by atoms with van der Waals surface area (Å²) in [6, 6.07) is 34.3. The molecule has 4 rings (SSSR count). The molecular weight excluding hydrogens is 657 g/mol. The van der Waals surface area contributed by atoms with E-state index in [0.29, 0.717) is 0 Å². The third kappa shape index (κ3) is 11.9. The average Bonchev–Trinajstić information content (AvgIpc) is 3.09. The molecule has 3 radical (unpaired) electrons. The maximum atomic E-state index is 3.76. The summed E-state index contributed by atoms with van der Waals surface area (Å²) in [6.07, 6.45) is 27.7. The average molecular weight is 716 g/mol. The smallest absolute Gasteiger partial charge is 0.0652 e. The molecule has 0 aliphatic rings. The van der Waals surface area contributed by atoms with Crippen molar-refractivity contribution >= 4 is 18.3 Å². The molecule has 4 aromatic carbocycles. The summed E-state index contributed by atoms with van der Waals surface area (Å²) in [7, 11) is 1.74. The Balaban J connectivity index is 1.95. The lowest BCUT2D eigenvalue weighted by Crippen LogP contribution is -2.38. The molecule has 1 atom stereocenters. The third-order valence-electron chi connectivity index (χ3n) is 9.90. The molecule has 0 nitrogen and oxygen atoms in total. The van der Waals surface area contributed by atoms with Gasteiger partial charge in [0.15, 0.2) is 0 Å². The Kier molecular flexibility index (Phi) is 15.2. The highest BCUT2D eigenvalue weighted by molar-refractivity contribution is 6.81. The SMILES string of the molecule is Cc1ccc(CC=CC(C=CC[Si])=C(C=CCc2cc(C)cc(C)c2)C(C=CCc2cccc(C)c2)(C=CCc2ccccc2C)[Si](C)(C)C)cc1. The molecule has 4 aromatic rings. The van der Waals surface area contributed by atoms with E-state index in [1.165, 1.54) is 61.2 Å². The molecule has 0 bridgehead atoms. The van der Waals surface area contributed by atoms with Crippen molar-refractivity contribution in [1.82, 2.24) is 0 Å². The number of hydrogen-bond donors (Lipinski definition) is 0. The Morgan fingerprint density at radius 1 is 0.538 bits per heavy atom. The normalized spacial score (nSPS) is 14.3. The van der Waals surface area contributed by atoms with E-state index in [0.717, 1.165) is 31.7 Å². The summed E-state index contributed by atoms with van der Waals surface area (Å²) >= 11 is 0. The lowest BCUT2D eigenvalue weighted by molar-refractivity contribution is 0.941. The van der Waals surface area contributed by atoms with Crippen LogP contribution in [0.4, 0.5) is 0 Å². The van der Waals surface area contributed by atoms with E-state index >= 15 is 0 Å².